The molecule has 0 N–H and O–H groups in total. The van der Waals surface area contributed by atoms with Crippen molar-refractivity contribution in [3.8, 4) is 11.5 Å². The van der Waals surface area contributed by atoms with E-state index in [1.807, 2.05) is 30.0 Å². The van der Waals surface area contributed by atoms with E-state index in [4.69, 9.17) is 13.8 Å². The Balaban J connectivity index is 1.21. The van der Waals surface area contributed by atoms with Crippen LogP contribution in [0.5, 0.6) is 0 Å². The van der Waals surface area contributed by atoms with E-state index >= 15 is 0 Å². The second kappa shape index (κ2) is 8.23. The van der Waals surface area contributed by atoms with E-state index in [-0.39, 0.29) is 11.7 Å². The number of thioether (sulfide) groups is 1. The normalized spacial score (nSPS) is 17.0. The summed E-state index contributed by atoms with van der Waals surface area (Å²) in [5, 5.41) is 9.61. The maximum Gasteiger partial charge on any atom is 0.277 e. The zero-order valence-electron chi connectivity index (χ0n) is 16.4. The number of carbonyl (C=O) groups is 1. The number of piperidine rings is 1. The Morgan fingerprint density at radius 2 is 2.20 bits per heavy atom. The summed E-state index contributed by atoms with van der Waals surface area (Å²) in [5.41, 5.74) is 1.81. The van der Waals surface area contributed by atoms with Gasteiger partial charge in [0.1, 0.15) is 5.76 Å². The van der Waals surface area contributed by atoms with Crippen molar-refractivity contribution in [2.75, 3.05) is 18.8 Å². The molecule has 0 bridgehead atoms. The van der Waals surface area contributed by atoms with Gasteiger partial charge in [-0.05, 0) is 38.0 Å². The average Bonchev–Trinajstić information content (AvgIpc) is 3.51. The van der Waals surface area contributed by atoms with E-state index in [0.29, 0.717) is 23.6 Å². The number of carbonyl (C=O) groups excluding carboxylic acids is 1. The van der Waals surface area contributed by atoms with E-state index in [0.717, 1.165) is 41.2 Å². The summed E-state index contributed by atoms with van der Waals surface area (Å²) in [6.45, 7) is 3.33. The third-order valence-corrected chi connectivity index (χ3v) is 7.25. The van der Waals surface area contributed by atoms with Gasteiger partial charge in [0.25, 0.3) is 11.1 Å². The summed E-state index contributed by atoms with van der Waals surface area (Å²) >= 11 is 3.01. The van der Waals surface area contributed by atoms with Crippen LogP contribution in [0.4, 0.5) is 0 Å². The lowest BCUT2D eigenvalue weighted by Crippen LogP contribution is -2.40. The molecule has 9 heteroatoms. The molecule has 0 saturated carbocycles. The number of nitrogens with zero attached hydrogens (tertiary/aromatic N) is 4. The van der Waals surface area contributed by atoms with E-state index in [1.165, 1.54) is 16.5 Å². The lowest BCUT2D eigenvalue weighted by atomic mass is 9.99. The molecule has 7 nitrogen and oxygen atoms in total. The fraction of sp³-hybridized carbons (Fsp3) is 0.333. The van der Waals surface area contributed by atoms with Crippen LogP contribution in [0.15, 0.2) is 50.7 Å². The quantitative estimate of drug-likeness (QED) is 0.414. The molecule has 30 heavy (non-hydrogen) atoms. The van der Waals surface area contributed by atoms with Gasteiger partial charge in [0.2, 0.25) is 5.91 Å². The molecule has 154 valence electrons. The fourth-order valence-electron chi connectivity index (χ4n) is 3.67. The van der Waals surface area contributed by atoms with Crippen LogP contribution < -0.4 is 0 Å². The summed E-state index contributed by atoms with van der Waals surface area (Å²) in [5.74, 6) is 1.79. The van der Waals surface area contributed by atoms with Gasteiger partial charge < -0.3 is 13.7 Å². The minimum atomic E-state index is 0.0880. The first kappa shape index (κ1) is 19.3. The van der Waals surface area contributed by atoms with Crippen LogP contribution in [0.2, 0.25) is 0 Å². The molecule has 1 amide bonds. The average molecular weight is 441 g/mol. The van der Waals surface area contributed by atoms with Crippen LogP contribution >= 0.6 is 23.1 Å². The minimum absolute atomic E-state index is 0.0880. The molecule has 4 aromatic rings. The van der Waals surface area contributed by atoms with Crippen molar-refractivity contribution in [2.24, 2.45) is 0 Å². The summed E-state index contributed by atoms with van der Waals surface area (Å²) < 4.78 is 12.1. The highest BCUT2D eigenvalue weighted by molar-refractivity contribution is 7.99. The summed E-state index contributed by atoms with van der Waals surface area (Å²) in [6, 6.07) is 9.98. The first-order chi connectivity index (χ1) is 14.7. The molecule has 0 aliphatic carbocycles. The monoisotopic (exact) mass is 440 g/mol. The Kier molecular flexibility index (Phi) is 5.30. The standard InChI is InChI=1S/C21H20N4O3S2/c1-13-15(8-10-27-13)19-23-24-21(28-19)29-12-18(26)25-9-4-5-14(11-25)20-22-16-6-2-3-7-17(16)30-20/h2-3,6-8,10,14H,4-5,9,11-12H2,1H3/t14-/m0/s1. The first-order valence-corrected chi connectivity index (χ1v) is 11.6. The smallest absolute Gasteiger partial charge is 0.277 e. The van der Waals surface area contributed by atoms with Crippen molar-refractivity contribution in [3.05, 3.63) is 47.4 Å². The Morgan fingerprint density at radius 1 is 1.30 bits per heavy atom. The van der Waals surface area contributed by atoms with Crippen molar-refractivity contribution in [1.82, 2.24) is 20.1 Å². The minimum Gasteiger partial charge on any atom is -0.469 e. The van der Waals surface area contributed by atoms with Crippen molar-refractivity contribution in [1.29, 1.82) is 0 Å². The number of para-hydroxylation sites is 1. The van der Waals surface area contributed by atoms with Gasteiger partial charge in [0.15, 0.2) is 0 Å². The zero-order chi connectivity index (χ0) is 20.5. The SMILES string of the molecule is Cc1occc1-c1nnc(SCC(=O)N2CCC[C@H](c3nc4ccccc4s3)C2)o1. The molecule has 1 aromatic carbocycles. The molecule has 1 aliphatic rings. The maximum absolute atomic E-state index is 12.8. The number of hydrogen-bond acceptors (Lipinski definition) is 8. The van der Waals surface area contributed by atoms with Gasteiger partial charge in [-0.2, -0.15) is 0 Å². The largest absolute Gasteiger partial charge is 0.469 e. The second-order valence-corrected chi connectivity index (χ2v) is 9.24. The molecule has 1 saturated heterocycles. The van der Waals surface area contributed by atoms with Crippen LogP contribution in [0.1, 0.15) is 29.5 Å². The topological polar surface area (TPSA) is 85.3 Å². The first-order valence-electron chi connectivity index (χ1n) is 9.81. The van der Waals surface area contributed by atoms with E-state index < -0.39 is 0 Å². The number of thiazole rings is 1. The van der Waals surface area contributed by atoms with Gasteiger partial charge in [0, 0.05) is 19.0 Å². The number of rotatable bonds is 5. The fourth-order valence-corrected chi connectivity index (χ4v) is 5.43. The Bertz CT molecular complexity index is 1150. The number of likely N-dealkylation sites (tertiary alicyclic amines) is 1. The Hall–Kier alpha value is -2.65. The van der Waals surface area contributed by atoms with Crippen LogP contribution in [0.3, 0.4) is 0 Å². The molecule has 0 spiro atoms. The summed E-state index contributed by atoms with van der Waals surface area (Å²) in [7, 11) is 0. The lowest BCUT2D eigenvalue weighted by Gasteiger charge is -2.31. The second-order valence-electron chi connectivity index (χ2n) is 7.25. The highest BCUT2D eigenvalue weighted by Crippen LogP contribution is 2.33. The zero-order valence-corrected chi connectivity index (χ0v) is 18.0. The molecular weight excluding hydrogens is 420 g/mol. The van der Waals surface area contributed by atoms with Gasteiger partial charge in [-0.15, -0.1) is 21.5 Å². The maximum atomic E-state index is 12.8. The molecule has 1 fully saturated rings. The van der Waals surface area contributed by atoms with Crippen LogP contribution in [-0.2, 0) is 4.79 Å². The highest BCUT2D eigenvalue weighted by Gasteiger charge is 2.27. The molecule has 1 aliphatic heterocycles. The van der Waals surface area contributed by atoms with Gasteiger partial charge in [-0.3, -0.25) is 4.79 Å². The number of furan rings is 1. The highest BCUT2D eigenvalue weighted by atomic mass is 32.2. The third-order valence-electron chi connectivity index (χ3n) is 5.25. The molecule has 5 rings (SSSR count). The van der Waals surface area contributed by atoms with Crippen LogP contribution in [0.25, 0.3) is 21.7 Å². The summed E-state index contributed by atoms with van der Waals surface area (Å²) in [6.07, 6.45) is 3.64. The lowest BCUT2D eigenvalue weighted by molar-refractivity contribution is -0.129. The van der Waals surface area contributed by atoms with E-state index in [9.17, 15) is 4.79 Å². The Morgan fingerprint density at radius 3 is 3.03 bits per heavy atom. The predicted octanol–water partition coefficient (Wildman–Crippen LogP) is 4.75. The van der Waals surface area contributed by atoms with E-state index in [1.54, 1.807) is 23.7 Å². The molecule has 0 unspecified atom stereocenters. The molecule has 4 heterocycles. The Labute approximate surface area is 181 Å². The van der Waals surface area contributed by atoms with Crippen LogP contribution in [0, 0.1) is 6.92 Å². The van der Waals surface area contributed by atoms with Crippen LogP contribution in [-0.4, -0.2) is 44.8 Å². The number of amides is 1. The van der Waals surface area contributed by atoms with Crippen molar-refractivity contribution < 1.29 is 13.6 Å². The van der Waals surface area contributed by atoms with Crippen molar-refractivity contribution in [3.63, 3.8) is 0 Å². The molecule has 3 aromatic heterocycles. The van der Waals surface area contributed by atoms with Gasteiger partial charge in [-0.25, -0.2) is 4.98 Å². The number of hydrogen-bond donors (Lipinski definition) is 0. The van der Waals surface area contributed by atoms with Crippen molar-refractivity contribution >= 4 is 39.2 Å². The molecule has 1 atom stereocenters. The number of aromatic nitrogens is 3. The van der Waals surface area contributed by atoms with Crippen molar-refractivity contribution in [2.45, 2.75) is 30.9 Å². The molecular formula is C21H20N4O3S2. The number of aryl methyl sites for hydroxylation is 1. The number of fused-ring (bicyclic) bond motifs is 1. The van der Waals surface area contributed by atoms with Gasteiger partial charge >= 0.3 is 0 Å². The third kappa shape index (κ3) is 3.87. The van der Waals surface area contributed by atoms with Gasteiger partial charge in [-0.1, -0.05) is 23.9 Å². The van der Waals surface area contributed by atoms with Gasteiger partial charge in [0.05, 0.1) is 32.8 Å². The molecule has 0 radical (unpaired) electrons. The summed E-state index contributed by atoms with van der Waals surface area (Å²) in [4.78, 5) is 19.5. The van der Waals surface area contributed by atoms with E-state index in [2.05, 4.69) is 16.3 Å². The predicted molar refractivity (Wildman–Crippen MR) is 116 cm³/mol. The number of benzene rings is 1.